The molecule has 0 aromatic heterocycles. The fourth-order valence-electron chi connectivity index (χ4n) is 2.90. The van der Waals surface area contributed by atoms with Gasteiger partial charge >= 0.3 is 0 Å². The van der Waals surface area contributed by atoms with Gasteiger partial charge in [-0.15, -0.1) is 0 Å². The lowest BCUT2D eigenvalue weighted by Crippen LogP contribution is -3.00. The predicted molar refractivity (Wildman–Crippen MR) is 74.5 cm³/mol. The molecule has 0 bridgehead atoms. The molecule has 0 saturated carbocycles. The molecule has 0 spiro atoms. The third kappa shape index (κ3) is 3.07. The quantitative estimate of drug-likeness (QED) is 0.691. The lowest BCUT2D eigenvalue weighted by molar-refractivity contribution is -0.925. The molecule has 0 radical (unpaired) electrons. The van der Waals surface area contributed by atoms with E-state index in [0.717, 1.165) is 0 Å². The lowest BCUT2D eigenvalue weighted by atomic mass is 10.1. The van der Waals surface area contributed by atoms with Crippen molar-refractivity contribution in [2.75, 3.05) is 44.2 Å². The second kappa shape index (κ2) is 6.58. The number of piperazine rings is 1. The topological polar surface area (TPSA) is 3.24 Å². The van der Waals surface area contributed by atoms with E-state index in [-0.39, 0.29) is 17.0 Å². The van der Waals surface area contributed by atoms with E-state index in [1.807, 2.05) is 0 Å². The smallest absolute Gasteiger partial charge is 0.0965 e. The van der Waals surface area contributed by atoms with Gasteiger partial charge < -0.3 is 26.4 Å². The highest BCUT2D eigenvalue weighted by Crippen LogP contribution is 2.23. The minimum Gasteiger partial charge on any atom is -1.00 e. The van der Waals surface area contributed by atoms with Gasteiger partial charge in [0.25, 0.3) is 0 Å². The zero-order chi connectivity index (χ0) is 12.3. The largest absolute Gasteiger partial charge is 1.00 e. The minimum atomic E-state index is 0. The number of para-hydroxylation sites is 1. The Labute approximate surface area is 122 Å². The van der Waals surface area contributed by atoms with E-state index in [4.69, 9.17) is 0 Å². The standard InChI is InChI=1S/C15H25N2.BrH/c1-4-17(5-2)12-10-16(11-13-17)15-9-7-6-8-14(15)3;/h6-9H,4-5,10-13H2,1-3H3;1H/q+1;/p-1. The van der Waals surface area contributed by atoms with Crippen molar-refractivity contribution in [3.05, 3.63) is 29.8 Å². The van der Waals surface area contributed by atoms with Crippen LogP contribution in [0.25, 0.3) is 0 Å². The highest BCUT2D eigenvalue weighted by atomic mass is 79.9. The third-order valence-electron chi connectivity index (χ3n) is 4.49. The Balaban J connectivity index is 0.00000162. The first kappa shape index (κ1) is 15.5. The molecule has 3 heteroatoms. The molecule has 1 aromatic carbocycles. The number of anilines is 1. The Morgan fingerprint density at radius 3 is 2.11 bits per heavy atom. The SMILES string of the molecule is CC[N+]1(CC)CCN(c2ccccc2C)CC1.[Br-]. The van der Waals surface area contributed by atoms with Crippen LogP contribution in [0.3, 0.4) is 0 Å². The van der Waals surface area contributed by atoms with Gasteiger partial charge in [-0.1, -0.05) is 18.2 Å². The molecule has 0 aliphatic carbocycles. The van der Waals surface area contributed by atoms with Crippen molar-refractivity contribution in [2.45, 2.75) is 20.8 Å². The molecule has 0 amide bonds. The number of likely N-dealkylation sites (N-methyl/N-ethyl adjacent to an activating group) is 1. The van der Waals surface area contributed by atoms with Gasteiger partial charge in [-0.2, -0.15) is 0 Å². The predicted octanol–water partition coefficient (Wildman–Crippen LogP) is -0.324. The van der Waals surface area contributed by atoms with Crippen LogP contribution >= 0.6 is 0 Å². The maximum Gasteiger partial charge on any atom is 0.0965 e. The molecule has 0 unspecified atom stereocenters. The van der Waals surface area contributed by atoms with Gasteiger partial charge in [0, 0.05) is 5.69 Å². The Bertz CT molecular complexity index is 365. The third-order valence-corrected chi connectivity index (χ3v) is 4.49. The second-order valence-electron chi connectivity index (χ2n) is 5.19. The van der Waals surface area contributed by atoms with Crippen LogP contribution in [0.4, 0.5) is 5.69 Å². The van der Waals surface area contributed by atoms with Gasteiger partial charge in [-0.05, 0) is 32.4 Å². The Hall–Kier alpha value is -0.540. The van der Waals surface area contributed by atoms with E-state index in [2.05, 4.69) is 49.9 Å². The highest BCUT2D eigenvalue weighted by molar-refractivity contribution is 5.53. The van der Waals surface area contributed by atoms with Crippen LogP contribution in [-0.4, -0.2) is 43.8 Å². The van der Waals surface area contributed by atoms with Crippen molar-refractivity contribution in [3.63, 3.8) is 0 Å². The average molecular weight is 313 g/mol. The van der Waals surface area contributed by atoms with Gasteiger partial charge in [-0.25, -0.2) is 0 Å². The number of benzene rings is 1. The Morgan fingerprint density at radius 1 is 1.06 bits per heavy atom. The van der Waals surface area contributed by atoms with Gasteiger partial charge in [0.2, 0.25) is 0 Å². The van der Waals surface area contributed by atoms with Crippen molar-refractivity contribution in [2.24, 2.45) is 0 Å². The summed E-state index contributed by atoms with van der Waals surface area (Å²) < 4.78 is 1.29. The van der Waals surface area contributed by atoms with E-state index < -0.39 is 0 Å². The molecule has 2 nitrogen and oxygen atoms in total. The molecular weight excluding hydrogens is 288 g/mol. The second-order valence-corrected chi connectivity index (χ2v) is 5.19. The summed E-state index contributed by atoms with van der Waals surface area (Å²) in [4.78, 5) is 2.55. The summed E-state index contributed by atoms with van der Waals surface area (Å²) in [5.41, 5.74) is 2.83. The maximum absolute atomic E-state index is 2.55. The van der Waals surface area contributed by atoms with Crippen LogP contribution in [-0.2, 0) is 0 Å². The van der Waals surface area contributed by atoms with Crippen molar-refractivity contribution in [1.29, 1.82) is 0 Å². The van der Waals surface area contributed by atoms with E-state index in [1.165, 1.54) is 55.0 Å². The number of quaternary nitrogens is 1. The molecule has 2 rings (SSSR count). The zero-order valence-corrected chi connectivity index (χ0v) is 13.4. The first-order valence-electron chi connectivity index (χ1n) is 6.86. The first-order valence-corrected chi connectivity index (χ1v) is 6.86. The number of aryl methyl sites for hydroxylation is 1. The van der Waals surface area contributed by atoms with Gasteiger partial charge in [0.1, 0.15) is 0 Å². The minimum absolute atomic E-state index is 0. The molecule has 0 atom stereocenters. The number of halogens is 1. The van der Waals surface area contributed by atoms with Crippen LogP contribution in [0.15, 0.2) is 24.3 Å². The number of nitrogens with zero attached hydrogens (tertiary/aromatic N) is 2. The van der Waals surface area contributed by atoms with Crippen molar-refractivity contribution < 1.29 is 21.5 Å². The fourth-order valence-corrected chi connectivity index (χ4v) is 2.90. The summed E-state index contributed by atoms with van der Waals surface area (Å²) in [5, 5.41) is 0. The summed E-state index contributed by atoms with van der Waals surface area (Å²) >= 11 is 0. The molecule has 1 saturated heterocycles. The number of hydrogen-bond acceptors (Lipinski definition) is 1. The molecule has 18 heavy (non-hydrogen) atoms. The molecule has 1 heterocycles. The maximum atomic E-state index is 2.55. The van der Waals surface area contributed by atoms with Crippen molar-refractivity contribution in [3.8, 4) is 0 Å². The summed E-state index contributed by atoms with van der Waals surface area (Å²) in [6, 6.07) is 8.75. The fraction of sp³-hybridized carbons (Fsp3) is 0.600. The van der Waals surface area contributed by atoms with Gasteiger partial charge in [0.05, 0.1) is 39.3 Å². The summed E-state index contributed by atoms with van der Waals surface area (Å²) in [6.45, 7) is 14.4. The average Bonchev–Trinajstić information content (AvgIpc) is 2.40. The molecule has 102 valence electrons. The Morgan fingerprint density at radius 2 is 1.61 bits per heavy atom. The van der Waals surface area contributed by atoms with Gasteiger partial charge in [-0.3, -0.25) is 0 Å². The molecule has 0 N–H and O–H groups in total. The first-order chi connectivity index (χ1) is 8.21. The monoisotopic (exact) mass is 312 g/mol. The van der Waals surface area contributed by atoms with Gasteiger partial charge in [0.15, 0.2) is 0 Å². The van der Waals surface area contributed by atoms with E-state index >= 15 is 0 Å². The van der Waals surface area contributed by atoms with E-state index in [9.17, 15) is 0 Å². The van der Waals surface area contributed by atoms with Crippen LogP contribution in [0.1, 0.15) is 19.4 Å². The zero-order valence-electron chi connectivity index (χ0n) is 11.8. The highest BCUT2D eigenvalue weighted by Gasteiger charge is 2.29. The molecule has 1 aliphatic heterocycles. The summed E-state index contributed by atoms with van der Waals surface area (Å²) in [6.07, 6.45) is 0. The molecule has 1 aromatic rings. The van der Waals surface area contributed by atoms with Crippen LogP contribution in [0, 0.1) is 6.92 Å². The van der Waals surface area contributed by atoms with E-state index in [1.54, 1.807) is 0 Å². The van der Waals surface area contributed by atoms with Crippen molar-refractivity contribution in [1.82, 2.24) is 0 Å². The normalized spacial score (nSPS) is 18.3. The van der Waals surface area contributed by atoms with E-state index in [0.29, 0.717) is 0 Å². The molecule has 1 fully saturated rings. The van der Waals surface area contributed by atoms with Crippen LogP contribution in [0.5, 0.6) is 0 Å². The Kier molecular flexibility index (Phi) is 5.67. The van der Waals surface area contributed by atoms with Crippen molar-refractivity contribution >= 4 is 5.69 Å². The number of rotatable bonds is 3. The van der Waals surface area contributed by atoms with Crippen LogP contribution in [0.2, 0.25) is 0 Å². The van der Waals surface area contributed by atoms with Crippen LogP contribution < -0.4 is 21.9 Å². The molecular formula is C15H25BrN2. The lowest BCUT2D eigenvalue weighted by Gasteiger charge is -2.44. The summed E-state index contributed by atoms with van der Waals surface area (Å²) in [7, 11) is 0. The molecule has 1 aliphatic rings. The number of hydrogen-bond donors (Lipinski definition) is 0. The summed E-state index contributed by atoms with van der Waals surface area (Å²) in [5.74, 6) is 0.